The van der Waals surface area contributed by atoms with Gasteiger partial charge in [0.15, 0.2) is 0 Å². The highest BCUT2D eigenvalue weighted by atomic mass is 15.0. The van der Waals surface area contributed by atoms with E-state index in [1.54, 1.807) is 0 Å². The van der Waals surface area contributed by atoms with Gasteiger partial charge in [-0.1, -0.05) is 89.0 Å². The molecule has 0 amide bonds. The van der Waals surface area contributed by atoms with E-state index in [1.807, 2.05) is 13.8 Å². The topological polar surface area (TPSA) is 3.24 Å². The second-order valence-corrected chi connectivity index (χ2v) is 7.18. The van der Waals surface area contributed by atoms with Crippen LogP contribution in [0.1, 0.15) is 95.4 Å². The molecule has 134 valence electrons. The van der Waals surface area contributed by atoms with E-state index in [0.29, 0.717) is 5.41 Å². The third kappa shape index (κ3) is 33.0. The van der Waals surface area contributed by atoms with E-state index in [2.05, 4.69) is 81.3 Å². The molecular formula is C20H49N. The molecule has 0 bridgehead atoms. The molecule has 0 aromatic rings. The third-order valence-electron chi connectivity index (χ3n) is 3.47. The van der Waals surface area contributed by atoms with Gasteiger partial charge in [0.05, 0.1) is 0 Å². The molecule has 21 heavy (non-hydrogen) atoms. The highest BCUT2D eigenvalue weighted by Crippen LogP contribution is 2.33. The van der Waals surface area contributed by atoms with Gasteiger partial charge in [-0.2, -0.15) is 0 Å². The number of hydrogen-bond donors (Lipinski definition) is 0. The van der Waals surface area contributed by atoms with E-state index in [9.17, 15) is 0 Å². The lowest BCUT2D eigenvalue weighted by molar-refractivity contribution is 0.204. The smallest absolute Gasteiger partial charge is 0.00533 e. The van der Waals surface area contributed by atoms with E-state index in [1.165, 1.54) is 19.3 Å². The molecule has 1 atom stereocenters. The molecule has 0 aliphatic rings. The Bertz CT molecular complexity index is 156. The monoisotopic (exact) mass is 303 g/mol. The summed E-state index contributed by atoms with van der Waals surface area (Å²) in [7, 11) is 4.11. The predicted molar refractivity (Wildman–Crippen MR) is 104 cm³/mol. The Balaban J connectivity index is -0.000000110. The molecule has 0 aliphatic heterocycles. The minimum Gasteiger partial charge on any atom is -0.310 e. The van der Waals surface area contributed by atoms with Crippen LogP contribution in [0.3, 0.4) is 0 Å². The molecule has 0 radical (unpaired) electrons. The number of nitrogens with zero attached hydrogens (tertiary/aromatic N) is 1. The second-order valence-electron chi connectivity index (χ2n) is 7.18. The van der Waals surface area contributed by atoms with Gasteiger partial charge in [-0.05, 0) is 44.3 Å². The minimum absolute atomic E-state index is 0.559. The number of rotatable bonds is 5. The van der Waals surface area contributed by atoms with E-state index < -0.39 is 0 Å². The van der Waals surface area contributed by atoms with Crippen LogP contribution in [0.2, 0.25) is 0 Å². The molecule has 0 fully saturated rings. The van der Waals surface area contributed by atoms with Crippen molar-refractivity contribution in [3.05, 3.63) is 0 Å². The van der Waals surface area contributed by atoms with Crippen molar-refractivity contribution >= 4 is 0 Å². The normalized spacial score (nSPS) is 11.6. The summed E-state index contributed by atoms with van der Waals surface area (Å²) >= 11 is 0. The molecule has 0 saturated heterocycles. The molecule has 0 saturated carbocycles. The molecule has 0 aromatic carbocycles. The summed E-state index contributed by atoms with van der Waals surface area (Å²) in [6, 6.07) is 0. The molecular weight excluding hydrogens is 254 g/mol. The van der Waals surface area contributed by atoms with Crippen molar-refractivity contribution in [3.63, 3.8) is 0 Å². The maximum absolute atomic E-state index is 2.38. The van der Waals surface area contributed by atoms with Crippen LogP contribution in [0, 0.1) is 17.3 Å². The molecule has 1 heteroatoms. The van der Waals surface area contributed by atoms with Gasteiger partial charge < -0.3 is 4.90 Å². The van der Waals surface area contributed by atoms with Crippen LogP contribution >= 0.6 is 0 Å². The summed E-state index contributed by atoms with van der Waals surface area (Å²) in [4.78, 5) is 2.12. The van der Waals surface area contributed by atoms with Crippen molar-refractivity contribution in [2.45, 2.75) is 95.4 Å². The molecule has 1 nitrogen and oxygen atoms in total. The average Bonchev–Trinajstić information content (AvgIpc) is 2.40. The first-order valence-corrected chi connectivity index (χ1v) is 9.19. The molecule has 1 unspecified atom stereocenters. The molecule has 0 N–H and O–H groups in total. The summed E-state index contributed by atoms with van der Waals surface area (Å²) in [5, 5.41) is 0. The molecule has 0 spiro atoms. The highest BCUT2D eigenvalue weighted by Gasteiger charge is 2.22. The van der Waals surface area contributed by atoms with Crippen LogP contribution in [0.15, 0.2) is 0 Å². The van der Waals surface area contributed by atoms with Gasteiger partial charge in [0.25, 0.3) is 0 Å². The van der Waals surface area contributed by atoms with Crippen molar-refractivity contribution in [2.75, 3.05) is 20.6 Å². The van der Waals surface area contributed by atoms with Crippen LogP contribution in [0.4, 0.5) is 0 Å². The second kappa shape index (κ2) is 20.0. The van der Waals surface area contributed by atoms with Gasteiger partial charge in [-0.3, -0.25) is 0 Å². The van der Waals surface area contributed by atoms with Gasteiger partial charge in [0.2, 0.25) is 0 Å². The Kier molecular flexibility index (Phi) is 27.6. The summed E-state index contributed by atoms with van der Waals surface area (Å²) in [6.45, 7) is 25.4. The third-order valence-corrected chi connectivity index (χ3v) is 3.47. The Hall–Kier alpha value is -0.0400. The first-order chi connectivity index (χ1) is 9.54. The summed E-state index contributed by atoms with van der Waals surface area (Å²) in [5.41, 5.74) is 0.559. The van der Waals surface area contributed by atoms with Gasteiger partial charge in [0.1, 0.15) is 0 Å². The lowest BCUT2D eigenvalue weighted by atomic mass is 9.75. The average molecular weight is 304 g/mol. The lowest BCUT2D eigenvalue weighted by Crippen LogP contribution is -2.20. The molecule has 0 heterocycles. The largest absolute Gasteiger partial charge is 0.310 e. The fraction of sp³-hybridized carbons (Fsp3) is 1.00. The van der Waals surface area contributed by atoms with Crippen molar-refractivity contribution in [2.24, 2.45) is 17.3 Å². The maximum Gasteiger partial charge on any atom is -0.00533 e. The van der Waals surface area contributed by atoms with Crippen LogP contribution in [-0.4, -0.2) is 25.5 Å². The zero-order valence-electron chi connectivity index (χ0n) is 17.9. The maximum atomic E-state index is 2.38. The molecule has 0 aromatic heterocycles. The Labute approximate surface area is 138 Å². The standard InChI is InChI=1S/C10H22.C4H11N.C4H10.C2H6/c1-6-8-10(4,5)9(3)7-2;1-4-5(2)3;1-4(2)3;1-2/h9H,6-8H2,1-5H3;4H2,1-3H3;4H,1-3H3;1-2H3. The summed E-state index contributed by atoms with van der Waals surface area (Å²) < 4.78 is 0. The zero-order chi connectivity index (χ0) is 18.1. The fourth-order valence-electron chi connectivity index (χ4n) is 1.44. The minimum atomic E-state index is 0.559. The van der Waals surface area contributed by atoms with Crippen LogP contribution in [0.25, 0.3) is 0 Å². The SMILES string of the molecule is CC.CC(C)C.CCCC(C)(C)C(C)CC.CCN(C)C. The zero-order valence-corrected chi connectivity index (χ0v) is 17.9. The van der Waals surface area contributed by atoms with Gasteiger partial charge in [-0.25, -0.2) is 0 Å². The Morgan fingerprint density at radius 2 is 1.14 bits per heavy atom. The fourth-order valence-corrected chi connectivity index (χ4v) is 1.44. The lowest BCUT2D eigenvalue weighted by Gasteiger charge is -2.30. The van der Waals surface area contributed by atoms with Crippen LogP contribution < -0.4 is 0 Å². The van der Waals surface area contributed by atoms with E-state index in [0.717, 1.165) is 18.4 Å². The Morgan fingerprint density at radius 3 is 1.29 bits per heavy atom. The van der Waals surface area contributed by atoms with Crippen molar-refractivity contribution < 1.29 is 0 Å². The summed E-state index contributed by atoms with van der Waals surface area (Å²) in [5.74, 6) is 1.70. The van der Waals surface area contributed by atoms with E-state index in [4.69, 9.17) is 0 Å². The van der Waals surface area contributed by atoms with Crippen molar-refractivity contribution in [3.8, 4) is 0 Å². The number of hydrogen-bond acceptors (Lipinski definition) is 1. The van der Waals surface area contributed by atoms with E-state index >= 15 is 0 Å². The van der Waals surface area contributed by atoms with Crippen LogP contribution in [-0.2, 0) is 0 Å². The predicted octanol–water partition coefficient (Wildman–Crippen LogP) is 7.12. The molecule has 0 aliphatic carbocycles. The van der Waals surface area contributed by atoms with E-state index in [-0.39, 0.29) is 0 Å². The quantitative estimate of drug-likeness (QED) is 0.523. The van der Waals surface area contributed by atoms with Gasteiger partial charge >= 0.3 is 0 Å². The first kappa shape index (κ1) is 29.0. The molecule has 0 rings (SSSR count). The van der Waals surface area contributed by atoms with Crippen molar-refractivity contribution in [1.82, 2.24) is 4.90 Å². The van der Waals surface area contributed by atoms with Gasteiger partial charge in [-0.15, -0.1) is 0 Å². The van der Waals surface area contributed by atoms with Crippen LogP contribution in [0.5, 0.6) is 0 Å². The van der Waals surface area contributed by atoms with Gasteiger partial charge in [0, 0.05) is 0 Å². The van der Waals surface area contributed by atoms with Crippen molar-refractivity contribution in [1.29, 1.82) is 0 Å². The first-order valence-electron chi connectivity index (χ1n) is 9.19. The Morgan fingerprint density at radius 1 is 0.857 bits per heavy atom. The highest BCUT2D eigenvalue weighted by molar-refractivity contribution is 4.73. The summed E-state index contributed by atoms with van der Waals surface area (Å²) in [6.07, 6.45) is 3.99.